The number of carbonyl (C=O) groups is 1. The molecule has 29 heavy (non-hydrogen) atoms. The molecule has 3 aromatic rings. The molecule has 0 aliphatic heterocycles. The lowest BCUT2D eigenvalue weighted by Gasteiger charge is -2.04. The number of pyridine rings is 1. The zero-order chi connectivity index (χ0) is 21.1. The molecule has 0 unspecified atom stereocenters. The first-order chi connectivity index (χ1) is 14.0. The number of rotatable bonds is 3. The van der Waals surface area contributed by atoms with E-state index in [4.69, 9.17) is 11.5 Å². The van der Waals surface area contributed by atoms with Gasteiger partial charge in [0.15, 0.2) is 0 Å². The molecule has 4 rings (SSSR count). The third-order valence-corrected chi connectivity index (χ3v) is 5.52. The summed E-state index contributed by atoms with van der Waals surface area (Å²) in [6, 6.07) is 15.6. The van der Waals surface area contributed by atoms with Crippen molar-refractivity contribution in [3.8, 4) is 5.69 Å². The Labute approximate surface area is 176 Å². The van der Waals surface area contributed by atoms with Crippen molar-refractivity contribution >= 4 is 17.2 Å². The fourth-order valence-corrected chi connectivity index (χ4v) is 3.67. The predicted molar refractivity (Wildman–Crippen MR) is 121 cm³/mol. The molecule has 0 saturated heterocycles. The molecular weight excluding hydrogens is 382 g/mol. The van der Waals surface area contributed by atoms with E-state index >= 15 is 0 Å². The van der Waals surface area contributed by atoms with E-state index in [9.17, 15) is 9.59 Å². The van der Waals surface area contributed by atoms with Crippen LogP contribution in [-0.4, -0.2) is 10.5 Å². The van der Waals surface area contributed by atoms with Crippen molar-refractivity contribution < 1.29 is 4.79 Å². The van der Waals surface area contributed by atoms with Gasteiger partial charge in [0.1, 0.15) is 0 Å². The van der Waals surface area contributed by atoms with Crippen LogP contribution in [0.5, 0.6) is 0 Å². The van der Waals surface area contributed by atoms with Crippen molar-refractivity contribution in [2.45, 2.75) is 45.6 Å². The Morgan fingerprint density at radius 3 is 2.00 bits per heavy atom. The van der Waals surface area contributed by atoms with Gasteiger partial charge in [0.25, 0.3) is 5.56 Å². The molecule has 0 radical (unpaired) electrons. The lowest BCUT2D eigenvalue weighted by Crippen LogP contribution is -2.16. The highest BCUT2D eigenvalue weighted by atomic mass is 32.1. The average molecular weight is 412 g/mol. The van der Waals surface area contributed by atoms with Crippen LogP contribution in [0.4, 0.5) is 0 Å². The van der Waals surface area contributed by atoms with Crippen LogP contribution >= 0.6 is 11.3 Å². The number of aryl methyl sites for hydroxylation is 1. The summed E-state index contributed by atoms with van der Waals surface area (Å²) in [5, 5.41) is 0. The Kier molecular flexibility index (Phi) is 9.34. The SMILES string of the molecule is C1CCCC1.Cc1ccc(CN)s1.NC(=O)c1ccc(-n2ccccc2=O)cc1. The van der Waals surface area contributed by atoms with Gasteiger partial charge in [0.05, 0.1) is 0 Å². The molecule has 0 bridgehead atoms. The largest absolute Gasteiger partial charge is 0.366 e. The standard InChI is InChI=1S/C12H10N2O2.C6H9NS.C5H10/c13-12(16)9-4-6-10(7-5-9)14-8-2-1-3-11(14)15;1-5-2-3-6(4-7)8-5;1-2-4-5-3-1/h1-8H,(H2,13,16);2-3H,4,7H2,1H3;1-5H2. The Bertz CT molecular complexity index is 933. The zero-order valence-corrected chi connectivity index (χ0v) is 17.7. The van der Waals surface area contributed by atoms with Gasteiger partial charge in [-0.05, 0) is 49.4 Å². The Morgan fingerprint density at radius 2 is 1.59 bits per heavy atom. The van der Waals surface area contributed by atoms with Crippen LogP contribution in [0, 0.1) is 6.92 Å². The summed E-state index contributed by atoms with van der Waals surface area (Å²) in [5.74, 6) is -0.480. The molecule has 1 amide bonds. The number of primary amides is 1. The molecule has 2 heterocycles. The monoisotopic (exact) mass is 411 g/mol. The van der Waals surface area contributed by atoms with Crippen LogP contribution in [0.2, 0.25) is 0 Å². The highest BCUT2D eigenvalue weighted by Gasteiger charge is 2.01. The molecule has 1 fully saturated rings. The Morgan fingerprint density at radius 1 is 0.966 bits per heavy atom. The van der Waals surface area contributed by atoms with E-state index in [1.165, 1.54) is 52.5 Å². The second-order valence-electron chi connectivity index (χ2n) is 6.80. The number of amides is 1. The highest BCUT2D eigenvalue weighted by molar-refractivity contribution is 7.11. The van der Waals surface area contributed by atoms with Gasteiger partial charge in [-0.1, -0.05) is 38.2 Å². The van der Waals surface area contributed by atoms with E-state index in [2.05, 4.69) is 19.1 Å². The first-order valence-electron chi connectivity index (χ1n) is 9.84. The molecule has 0 atom stereocenters. The minimum atomic E-state index is -0.480. The molecular formula is C23H29N3O2S. The molecule has 5 nitrogen and oxygen atoms in total. The summed E-state index contributed by atoms with van der Waals surface area (Å²) in [6.45, 7) is 2.77. The summed E-state index contributed by atoms with van der Waals surface area (Å²) in [4.78, 5) is 25.0. The van der Waals surface area contributed by atoms with Crippen molar-refractivity contribution in [2.75, 3.05) is 0 Å². The van der Waals surface area contributed by atoms with Crippen LogP contribution < -0.4 is 17.0 Å². The summed E-state index contributed by atoms with van der Waals surface area (Å²) in [7, 11) is 0. The maximum atomic E-state index is 11.5. The lowest BCUT2D eigenvalue weighted by molar-refractivity contribution is 0.100. The summed E-state index contributed by atoms with van der Waals surface area (Å²) < 4.78 is 1.49. The molecule has 2 aromatic heterocycles. The van der Waals surface area contributed by atoms with E-state index in [0.29, 0.717) is 17.8 Å². The average Bonchev–Trinajstić information content (AvgIpc) is 3.44. The normalized spacial score (nSPS) is 12.3. The molecule has 0 spiro atoms. The maximum Gasteiger partial charge on any atom is 0.255 e. The quantitative estimate of drug-likeness (QED) is 0.669. The van der Waals surface area contributed by atoms with Gasteiger partial charge in [0, 0.05) is 39.8 Å². The molecule has 1 saturated carbocycles. The van der Waals surface area contributed by atoms with Crippen molar-refractivity contribution in [3.63, 3.8) is 0 Å². The second-order valence-corrected chi connectivity index (χ2v) is 8.18. The summed E-state index contributed by atoms with van der Waals surface area (Å²) >= 11 is 1.76. The van der Waals surface area contributed by atoms with E-state index in [1.54, 1.807) is 53.9 Å². The van der Waals surface area contributed by atoms with Crippen LogP contribution in [0.25, 0.3) is 5.69 Å². The van der Waals surface area contributed by atoms with Crippen molar-refractivity contribution in [1.29, 1.82) is 0 Å². The molecule has 154 valence electrons. The van der Waals surface area contributed by atoms with Gasteiger partial charge < -0.3 is 11.5 Å². The van der Waals surface area contributed by atoms with E-state index in [0.717, 1.165) is 0 Å². The minimum Gasteiger partial charge on any atom is -0.366 e. The number of hydrogen-bond acceptors (Lipinski definition) is 4. The Balaban J connectivity index is 0.000000190. The number of aromatic nitrogens is 1. The molecule has 1 aliphatic rings. The van der Waals surface area contributed by atoms with Crippen LogP contribution in [0.1, 0.15) is 52.2 Å². The van der Waals surface area contributed by atoms with E-state index in [1.807, 2.05) is 0 Å². The second kappa shape index (κ2) is 12.0. The van der Waals surface area contributed by atoms with Crippen molar-refractivity contribution in [3.05, 3.63) is 86.5 Å². The van der Waals surface area contributed by atoms with Crippen LogP contribution in [-0.2, 0) is 6.54 Å². The summed E-state index contributed by atoms with van der Waals surface area (Å²) in [5.41, 5.74) is 11.5. The first kappa shape index (κ1) is 22.6. The van der Waals surface area contributed by atoms with Gasteiger partial charge >= 0.3 is 0 Å². The number of benzene rings is 1. The lowest BCUT2D eigenvalue weighted by atomic mass is 10.2. The third kappa shape index (κ3) is 7.68. The number of thiophene rings is 1. The molecule has 6 heteroatoms. The first-order valence-corrected chi connectivity index (χ1v) is 10.7. The van der Waals surface area contributed by atoms with Crippen LogP contribution in [0.3, 0.4) is 0 Å². The van der Waals surface area contributed by atoms with E-state index < -0.39 is 5.91 Å². The smallest absolute Gasteiger partial charge is 0.255 e. The highest BCUT2D eigenvalue weighted by Crippen LogP contribution is 2.15. The van der Waals surface area contributed by atoms with Gasteiger partial charge in [-0.15, -0.1) is 11.3 Å². The van der Waals surface area contributed by atoms with Crippen molar-refractivity contribution in [1.82, 2.24) is 4.57 Å². The third-order valence-electron chi connectivity index (χ3n) is 4.50. The predicted octanol–water partition coefficient (Wildman–Crippen LogP) is 4.40. The molecule has 1 aliphatic carbocycles. The van der Waals surface area contributed by atoms with Gasteiger partial charge in [0.2, 0.25) is 5.91 Å². The number of hydrogen-bond donors (Lipinski definition) is 2. The molecule has 4 N–H and O–H groups in total. The number of nitrogens with two attached hydrogens (primary N) is 2. The number of nitrogens with zero attached hydrogens (tertiary/aromatic N) is 1. The van der Waals surface area contributed by atoms with Gasteiger partial charge in [-0.25, -0.2) is 0 Å². The maximum absolute atomic E-state index is 11.5. The summed E-state index contributed by atoms with van der Waals surface area (Å²) in [6.07, 6.45) is 9.17. The van der Waals surface area contributed by atoms with Crippen LogP contribution in [0.15, 0.2) is 65.6 Å². The minimum absolute atomic E-state index is 0.116. The fraction of sp³-hybridized carbons (Fsp3) is 0.304. The molecule has 1 aromatic carbocycles. The van der Waals surface area contributed by atoms with Crippen molar-refractivity contribution in [2.24, 2.45) is 11.5 Å². The zero-order valence-electron chi connectivity index (χ0n) is 16.8. The van der Waals surface area contributed by atoms with Gasteiger partial charge in [-0.2, -0.15) is 0 Å². The topological polar surface area (TPSA) is 91.1 Å². The fourth-order valence-electron chi connectivity index (χ4n) is 2.91. The Hall–Kier alpha value is -2.70. The van der Waals surface area contributed by atoms with E-state index in [-0.39, 0.29) is 5.56 Å². The number of carbonyl (C=O) groups excluding carboxylic acids is 1. The van der Waals surface area contributed by atoms with Gasteiger partial charge in [-0.3, -0.25) is 14.2 Å².